The Morgan fingerprint density at radius 3 is 2.63 bits per heavy atom. The number of aromatic nitrogens is 1. The third-order valence-corrected chi connectivity index (χ3v) is 7.31. The van der Waals surface area contributed by atoms with E-state index in [1.165, 1.54) is 13.2 Å². The minimum absolute atomic E-state index is 0.185. The average molecular weight is 550 g/mol. The van der Waals surface area contributed by atoms with Crippen LogP contribution in [0.3, 0.4) is 0 Å². The van der Waals surface area contributed by atoms with Gasteiger partial charge in [-0.15, -0.1) is 0 Å². The molecule has 0 bridgehead atoms. The number of nitrogens with one attached hydrogen (secondary N) is 1. The lowest BCUT2D eigenvalue weighted by Gasteiger charge is -2.14. The third kappa shape index (κ3) is 5.03. The van der Waals surface area contributed by atoms with Crippen LogP contribution in [0, 0.1) is 5.82 Å². The molecule has 3 amide bonds. The molecule has 1 aromatic heterocycles. The van der Waals surface area contributed by atoms with E-state index in [2.05, 4.69) is 5.32 Å². The van der Waals surface area contributed by atoms with Crippen molar-refractivity contribution in [2.45, 2.75) is 6.54 Å². The largest absolute Gasteiger partial charge is 0.495 e. The normalized spacial score (nSPS) is 14.5. The highest BCUT2D eigenvalue weighted by Crippen LogP contribution is 2.35. The molecule has 3 aromatic carbocycles. The van der Waals surface area contributed by atoms with E-state index in [9.17, 15) is 18.8 Å². The summed E-state index contributed by atoms with van der Waals surface area (Å²) in [5, 5.41) is 3.26. The van der Waals surface area contributed by atoms with Crippen molar-refractivity contribution in [2.75, 3.05) is 19.0 Å². The monoisotopic (exact) mass is 549 g/mol. The number of thioether (sulfide) groups is 1. The zero-order valence-corrected chi connectivity index (χ0v) is 21.7. The molecule has 4 aromatic rings. The van der Waals surface area contributed by atoms with Crippen LogP contribution in [0.4, 0.5) is 14.9 Å². The molecule has 7 nitrogen and oxygen atoms in total. The van der Waals surface area contributed by atoms with Crippen LogP contribution in [-0.4, -0.2) is 40.2 Å². The fourth-order valence-corrected chi connectivity index (χ4v) is 5.29. The van der Waals surface area contributed by atoms with Gasteiger partial charge >= 0.3 is 0 Å². The van der Waals surface area contributed by atoms with Crippen LogP contribution in [0.15, 0.2) is 77.8 Å². The van der Waals surface area contributed by atoms with Crippen LogP contribution >= 0.6 is 23.4 Å². The molecule has 0 unspecified atom stereocenters. The molecule has 1 saturated heterocycles. The molecule has 0 radical (unpaired) electrons. The summed E-state index contributed by atoms with van der Waals surface area (Å²) in [4.78, 5) is 39.4. The van der Waals surface area contributed by atoms with Crippen LogP contribution in [0.2, 0.25) is 5.02 Å². The van der Waals surface area contributed by atoms with Gasteiger partial charge in [-0.2, -0.15) is 0 Å². The minimum atomic E-state index is -0.566. The van der Waals surface area contributed by atoms with Crippen molar-refractivity contribution in [3.8, 4) is 5.75 Å². The number of anilines is 1. The number of amides is 3. The number of hydrogen-bond acceptors (Lipinski definition) is 5. The lowest BCUT2D eigenvalue weighted by Crippen LogP contribution is -2.36. The van der Waals surface area contributed by atoms with Gasteiger partial charge in [0.1, 0.15) is 18.1 Å². The minimum Gasteiger partial charge on any atom is -0.495 e. The Morgan fingerprint density at radius 2 is 1.84 bits per heavy atom. The molecule has 0 aliphatic carbocycles. The molecule has 0 saturated carbocycles. The maximum absolute atomic E-state index is 14.5. The van der Waals surface area contributed by atoms with Crippen LogP contribution in [0.5, 0.6) is 5.75 Å². The van der Waals surface area contributed by atoms with E-state index >= 15 is 0 Å². The van der Waals surface area contributed by atoms with Crippen molar-refractivity contribution < 1.29 is 23.5 Å². The van der Waals surface area contributed by atoms with E-state index in [0.29, 0.717) is 27.6 Å². The molecule has 1 aliphatic heterocycles. The highest BCUT2D eigenvalue weighted by atomic mass is 35.5. The highest BCUT2D eigenvalue weighted by Gasteiger charge is 2.36. The van der Waals surface area contributed by atoms with Gasteiger partial charge in [-0.05, 0) is 48.2 Å². The number of hydrogen-bond donors (Lipinski definition) is 1. The Morgan fingerprint density at radius 1 is 1.08 bits per heavy atom. The summed E-state index contributed by atoms with van der Waals surface area (Å²) in [5.74, 6) is -1.05. The summed E-state index contributed by atoms with van der Waals surface area (Å²) in [6, 6.07) is 18.9. The van der Waals surface area contributed by atoms with Crippen LogP contribution in [-0.2, 0) is 16.1 Å². The summed E-state index contributed by atoms with van der Waals surface area (Å²) in [6.45, 7) is -0.252. The number of halogens is 2. The number of carbonyl (C=O) groups is 3. The summed E-state index contributed by atoms with van der Waals surface area (Å²) in [6.07, 6.45) is 3.40. The molecule has 0 spiro atoms. The third-order valence-electron chi connectivity index (χ3n) is 6.05. The number of para-hydroxylation sites is 3. The predicted molar refractivity (Wildman–Crippen MR) is 147 cm³/mol. The number of nitrogens with zero attached hydrogens (tertiary/aromatic N) is 2. The molecule has 2 heterocycles. The van der Waals surface area contributed by atoms with E-state index in [0.717, 1.165) is 27.6 Å². The SMILES string of the molecule is COc1ccccc1NC(=O)CN1C(=O)S/C(=C/c2cn(Cc3c(F)cccc3Cl)c3ccccc23)C1=O. The van der Waals surface area contributed by atoms with Gasteiger partial charge in [0.15, 0.2) is 0 Å². The zero-order chi connectivity index (χ0) is 26.8. The lowest BCUT2D eigenvalue weighted by molar-refractivity contribution is -0.127. The van der Waals surface area contributed by atoms with Crippen LogP contribution in [0.25, 0.3) is 17.0 Å². The fraction of sp³-hybridized carbons (Fsp3) is 0.107. The smallest absolute Gasteiger partial charge is 0.294 e. The molecule has 5 rings (SSSR count). The molecule has 1 fully saturated rings. The lowest BCUT2D eigenvalue weighted by atomic mass is 10.1. The standard InChI is InChI=1S/C28H21ClFN3O4S/c1-37-24-12-5-3-10-22(24)31-26(34)16-33-27(35)25(38-28(33)36)13-17-14-32(23-11-4-2-7-18(17)23)15-19-20(29)8-6-9-21(19)30/h2-14H,15-16H2,1H3,(H,31,34)/b25-13+. The second kappa shape index (κ2) is 10.7. The van der Waals surface area contributed by atoms with Crippen molar-refractivity contribution in [1.82, 2.24) is 9.47 Å². The predicted octanol–water partition coefficient (Wildman–Crippen LogP) is 6.17. The van der Waals surface area contributed by atoms with Crippen molar-refractivity contribution in [3.05, 3.63) is 99.8 Å². The van der Waals surface area contributed by atoms with E-state index in [1.54, 1.807) is 48.7 Å². The van der Waals surface area contributed by atoms with Gasteiger partial charge < -0.3 is 14.6 Å². The Balaban J connectivity index is 1.39. The summed E-state index contributed by atoms with van der Waals surface area (Å²) in [7, 11) is 1.48. The number of carbonyl (C=O) groups excluding carboxylic acids is 3. The van der Waals surface area contributed by atoms with Crippen LogP contribution < -0.4 is 10.1 Å². The van der Waals surface area contributed by atoms with Gasteiger partial charge in [-0.3, -0.25) is 19.3 Å². The first-order valence-electron chi connectivity index (χ1n) is 11.5. The molecule has 0 atom stereocenters. The Labute approximate surface area is 226 Å². The summed E-state index contributed by atoms with van der Waals surface area (Å²) >= 11 is 7.00. The van der Waals surface area contributed by atoms with Crippen molar-refractivity contribution in [2.24, 2.45) is 0 Å². The number of fused-ring (bicyclic) bond motifs is 1. The first-order chi connectivity index (χ1) is 18.4. The number of benzene rings is 3. The second-order valence-electron chi connectivity index (χ2n) is 8.45. The molecule has 38 heavy (non-hydrogen) atoms. The van der Waals surface area contributed by atoms with E-state index in [-0.39, 0.29) is 11.4 Å². The topological polar surface area (TPSA) is 80.6 Å². The molecule has 1 N–H and O–H groups in total. The van der Waals surface area contributed by atoms with Crippen molar-refractivity contribution >= 4 is 63.1 Å². The summed E-state index contributed by atoms with van der Waals surface area (Å²) < 4.78 is 21.5. The van der Waals surface area contributed by atoms with Gasteiger partial charge in [0, 0.05) is 33.2 Å². The van der Waals surface area contributed by atoms with Gasteiger partial charge in [0.2, 0.25) is 5.91 Å². The Bertz CT molecular complexity index is 1600. The molecule has 1 aliphatic rings. The molecular weight excluding hydrogens is 529 g/mol. The van der Waals surface area contributed by atoms with Gasteiger partial charge in [0.25, 0.3) is 11.1 Å². The number of rotatable bonds is 7. The quantitative estimate of drug-likeness (QED) is 0.279. The maximum Gasteiger partial charge on any atom is 0.294 e. The van der Waals surface area contributed by atoms with Crippen molar-refractivity contribution in [3.63, 3.8) is 0 Å². The highest BCUT2D eigenvalue weighted by molar-refractivity contribution is 8.18. The van der Waals surface area contributed by atoms with Gasteiger partial charge in [-0.1, -0.05) is 48.0 Å². The van der Waals surface area contributed by atoms with E-state index in [1.807, 2.05) is 28.8 Å². The van der Waals surface area contributed by atoms with Gasteiger partial charge in [-0.25, -0.2) is 4.39 Å². The second-order valence-corrected chi connectivity index (χ2v) is 9.85. The summed E-state index contributed by atoms with van der Waals surface area (Å²) in [5.41, 5.74) is 2.28. The average Bonchev–Trinajstić information content (AvgIpc) is 3.38. The number of imide groups is 1. The van der Waals surface area contributed by atoms with E-state index < -0.39 is 29.4 Å². The zero-order valence-electron chi connectivity index (χ0n) is 20.1. The van der Waals surface area contributed by atoms with Gasteiger partial charge in [0.05, 0.1) is 24.2 Å². The molecule has 192 valence electrons. The Hall–Kier alpha value is -4.08. The fourth-order valence-electron chi connectivity index (χ4n) is 4.23. The van der Waals surface area contributed by atoms with Crippen LogP contribution in [0.1, 0.15) is 11.1 Å². The Kier molecular flexibility index (Phi) is 7.22. The molecular formula is C28H21ClFN3O4S. The van der Waals surface area contributed by atoms with Crippen molar-refractivity contribution in [1.29, 1.82) is 0 Å². The maximum atomic E-state index is 14.5. The first kappa shape index (κ1) is 25.6. The number of ether oxygens (including phenoxy) is 1. The molecule has 10 heteroatoms. The first-order valence-corrected chi connectivity index (χ1v) is 12.7. The number of methoxy groups -OCH3 is 1. The van der Waals surface area contributed by atoms with E-state index in [4.69, 9.17) is 16.3 Å².